The Bertz CT molecular complexity index is 615. The molecule has 0 N–H and O–H groups in total. The van der Waals surface area contributed by atoms with Crippen LogP contribution in [-0.2, 0) is 11.2 Å². The molecule has 0 radical (unpaired) electrons. The first-order chi connectivity index (χ1) is 9.22. The van der Waals surface area contributed by atoms with Crippen LogP contribution in [-0.4, -0.2) is 18.5 Å². The third-order valence-corrected chi connectivity index (χ3v) is 3.67. The van der Waals surface area contributed by atoms with Gasteiger partial charge in [-0.1, -0.05) is 56.3 Å². The van der Waals surface area contributed by atoms with Gasteiger partial charge >= 0.3 is 0 Å². The second-order valence-electron chi connectivity index (χ2n) is 5.50. The number of fused-ring (bicyclic) bond motifs is 1. The average Bonchev–Trinajstić information content (AvgIpc) is 2.87. The Morgan fingerprint density at radius 3 is 2.68 bits per heavy atom. The van der Waals surface area contributed by atoms with E-state index in [9.17, 15) is 0 Å². The highest BCUT2D eigenvalue weighted by molar-refractivity contribution is 5.85. The number of hydrogen-bond acceptors (Lipinski definition) is 2. The van der Waals surface area contributed by atoms with Crippen LogP contribution in [0, 0.1) is 5.92 Å². The van der Waals surface area contributed by atoms with Gasteiger partial charge in [-0.3, -0.25) is 0 Å². The summed E-state index contributed by atoms with van der Waals surface area (Å²) >= 11 is 0. The molecule has 0 spiro atoms. The zero-order chi connectivity index (χ0) is 13.2. The van der Waals surface area contributed by atoms with E-state index in [1.165, 1.54) is 16.3 Å². The van der Waals surface area contributed by atoms with E-state index in [1.807, 2.05) is 0 Å². The van der Waals surface area contributed by atoms with Gasteiger partial charge in [0.15, 0.2) is 5.90 Å². The first-order valence-corrected chi connectivity index (χ1v) is 6.89. The van der Waals surface area contributed by atoms with Gasteiger partial charge in [0, 0.05) is 6.42 Å². The van der Waals surface area contributed by atoms with Crippen molar-refractivity contribution in [1.82, 2.24) is 0 Å². The minimum absolute atomic E-state index is 0.329. The van der Waals surface area contributed by atoms with E-state index in [-0.39, 0.29) is 0 Å². The predicted octanol–water partition coefficient (Wildman–Crippen LogP) is 3.84. The molecule has 2 heteroatoms. The second-order valence-corrected chi connectivity index (χ2v) is 5.50. The fourth-order valence-electron chi connectivity index (χ4n) is 2.40. The van der Waals surface area contributed by atoms with Crippen molar-refractivity contribution in [3.05, 3.63) is 48.0 Å². The normalized spacial score (nSPS) is 18.7. The van der Waals surface area contributed by atoms with Crippen molar-refractivity contribution < 1.29 is 4.74 Å². The number of rotatable bonds is 3. The summed E-state index contributed by atoms with van der Waals surface area (Å²) in [5, 5.41) is 2.56. The average molecular weight is 253 g/mol. The molecule has 0 saturated carbocycles. The zero-order valence-electron chi connectivity index (χ0n) is 11.5. The van der Waals surface area contributed by atoms with Crippen molar-refractivity contribution >= 4 is 16.7 Å². The van der Waals surface area contributed by atoms with Crippen LogP contribution in [0.1, 0.15) is 19.4 Å². The lowest BCUT2D eigenvalue weighted by Crippen LogP contribution is -2.13. The summed E-state index contributed by atoms with van der Waals surface area (Å²) in [6.07, 6.45) is 0.800. The van der Waals surface area contributed by atoms with E-state index in [4.69, 9.17) is 4.74 Å². The number of benzene rings is 2. The first kappa shape index (κ1) is 12.2. The lowest BCUT2D eigenvalue weighted by molar-refractivity contribution is 0.287. The van der Waals surface area contributed by atoms with Gasteiger partial charge in [0.1, 0.15) is 6.61 Å². The molecule has 2 nitrogen and oxygen atoms in total. The minimum Gasteiger partial charge on any atom is -0.478 e. The zero-order valence-corrected chi connectivity index (χ0v) is 11.5. The van der Waals surface area contributed by atoms with Gasteiger partial charge in [-0.2, -0.15) is 0 Å². The Kier molecular flexibility index (Phi) is 3.24. The summed E-state index contributed by atoms with van der Waals surface area (Å²) in [6.45, 7) is 5.12. The topological polar surface area (TPSA) is 21.6 Å². The monoisotopic (exact) mass is 253 g/mol. The Labute approximate surface area is 114 Å². The van der Waals surface area contributed by atoms with Gasteiger partial charge in [0.05, 0.1) is 6.04 Å². The van der Waals surface area contributed by atoms with E-state index in [0.717, 1.165) is 18.9 Å². The summed E-state index contributed by atoms with van der Waals surface area (Å²) in [4.78, 5) is 4.66. The molecule has 0 aliphatic carbocycles. The van der Waals surface area contributed by atoms with Crippen molar-refractivity contribution in [2.45, 2.75) is 26.3 Å². The molecule has 0 fully saturated rings. The molecule has 0 saturated heterocycles. The highest BCUT2D eigenvalue weighted by atomic mass is 16.5. The van der Waals surface area contributed by atoms with Gasteiger partial charge in [0.2, 0.25) is 0 Å². The summed E-state index contributed by atoms with van der Waals surface area (Å²) in [7, 11) is 0. The summed E-state index contributed by atoms with van der Waals surface area (Å²) < 4.78 is 5.69. The molecule has 0 amide bonds. The van der Waals surface area contributed by atoms with E-state index in [2.05, 4.69) is 61.3 Å². The summed E-state index contributed by atoms with van der Waals surface area (Å²) in [5.74, 6) is 1.43. The van der Waals surface area contributed by atoms with E-state index >= 15 is 0 Å². The molecule has 3 rings (SSSR count). The SMILES string of the molecule is CC(C)C1COC(Cc2ccc3ccccc3c2)=N1. The van der Waals surface area contributed by atoms with Gasteiger partial charge in [-0.15, -0.1) is 0 Å². The van der Waals surface area contributed by atoms with Crippen LogP contribution >= 0.6 is 0 Å². The molecule has 1 aliphatic rings. The van der Waals surface area contributed by atoms with Gasteiger partial charge in [0.25, 0.3) is 0 Å². The van der Waals surface area contributed by atoms with Crippen LogP contribution in [0.2, 0.25) is 0 Å². The van der Waals surface area contributed by atoms with Crippen LogP contribution in [0.15, 0.2) is 47.5 Å². The largest absolute Gasteiger partial charge is 0.478 e. The number of ether oxygens (including phenoxy) is 1. The molecule has 0 bridgehead atoms. The maximum atomic E-state index is 5.69. The van der Waals surface area contributed by atoms with Crippen molar-refractivity contribution in [2.24, 2.45) is 10.9 Å². The molecule has 98 valence electrons. The van der Waals surface area contributed by atoms with E-state index in [0.29, 0.717) is 12.0 Å². The molecule has 2 aromatic carbocycles. The van der Waals surface area contributed by atoms with Crippen LogP contribution < -0.4 is 0 Å². The molecule has 1 aliphatic heterocycles. The minimum atomic E-state index is 0.329. The first-order valence-electron chi connectivity index (χ1n) is 6.89. The maximum absolute atomic E-state index is 5.69. The van der Waals surface area contributed by atoms with Crippen molar-refractivity contribution in [3.8, 4) is 0 Å². The predicted molar refractivity (Wildman–Crippen MR) is 79.7 cm³/mol. The van der Waals surface area contributed by atoms with Gasteiger partial charge in [-0.05, 0) is 22.3 Å². The fraction of sp³-hybridized carbons (Fsp3) is 0.353. The van der Waals surface area contributed by atoms with Crippen molar-refractivity contribution in [1.29, 1.82) is 0 Å². The quantitative estimate of drug-likeness (QED) is 0.814. The maximum Gasteiger partial charge on any atom is 0.188 e. The highest BCUT2D eigenvalue weighted by Crippen LogP contribution is 2.19. The Balaban J connectivity index is 1.80. The molecule has 1 unspecified atom stereocenters. The number of aliphatic imine (C=N–C) groups is 1. The molecule has 1 atom stereocenters. The fourth-order valence-corrected chi connectivity index (χ4v) is 2.40. The number of hydrogen-bond donors (Lipinski definition) is 0. The van der Waals surface area contributed by atoms with Crippen LogP contribution in [0.3, 0.4) is 0 Å². The van der Waals surface area contributed by atoms with Crippen molar-refractivity contribution in [3.63, 3.8) is 0 Å². The third kappa shape index (κ3) is 2.62. The smallest absolute Gasteiger partial charge is 0.188 e. The molecular weight excluding hydrogens is 234 g/mol. The summed E-state index contributed by atoms with van der Waals surface area (Å²) in [6, 6.07) is 15.3. The lowest BCUT2D eigenvalue weighted by Gasteiger charge is -2.06. The van der Waals surface area contributed by atoms with Gasteiger partial charge in [-0.25, -0.2) is 4.99 Å². The molecule has 19 heavy (non-hydrogen) atoms. The van der Waals surface area contributed by atoms with Crippen LogP contribution in [0.4, 0.5) is 0 Å². The highest BCUT2D eigenvalue weighted by Gasteiger charge is 2.21. The van der Waals surface area contributed by atoms with Crippen molar-refractivity contribution in [2.75, 3.05) is 6.61 Å². The molecular formula is C17H19NO. The second kappa shape index (κ2) is 5.04. The molecule has 2 aromatic rings. The third-order valence-electron chi connectivity index (χ3n) is 3.67. The Hall–Kier alpha value is -1.83. The number of nitrogens with zero attached hydrogens (tertiary/aromatic N) is 1. The summed E-state index contributed by atoms with van der Waals surface area (Å²) in [5.41, 5.74) is 1.27. The Morgan fingerprint density at radius 1 is 1.16 bits per heavy atom. The van der Waals surface area contributed by atoms with E-state index < -0.39 is 0 Å². The van der Waals surface area contributed by atoms with Gasteiger partial charge < -0.3 is 4.74 Å². The Morgan fingerprint density at radius 2 is 1.95 bits per heavy atom. The van der Waals surface area contributed by atoms with Crippen LogP contribution in [0.25, 0.3) is 10.8 Å². The lowest BCUT2D eigenvalue weighted by atomic mass is 10.1. The van der Waals surface area contributed by atoms with Crippen LogP contribution in [0.5, 0.6) is 0 Å². The molecule has 0 aromatic heterocycles. The molecule has 1 heterocycles. The van der Waals surface area contributed by atoms with E-state index in [1.54, 1.807) is 0 Å². The standard InChI is InChI=1S/C17H19NO/c1-12(2)16-11-19-17(18-16)10-13-7-8-14-5-3-4-6-15(14)9-13/h3-9,12,16H,10-11H2,1-2H3.